The zero-order valence-corrected chi connectivity index (χ0v) is 19.1. The molecule has 3 fully saturated rings. The summed E-state index contributed by atoms with van der Waals surface area (Å²) >= 11 is 0. The molecule has 4 atom stereocenters. The van der Waals surface area contributed by atoms with Crippen LogP contribution in [0.25, 0.3) is 0 Å². The van der Waals surface area contributed by atoms with Gasteiger partial charge in [-0.2, -0.15) is 0 Å². The summed E-state index contributed by atoms with van der Waals surface area (Å²) in [5.41, 5.74) is 2.53. The van der Waals surface area contributed by atoms with Crippen LogP contribution in [-0.2, 0) is 19.9 Å². The second-order valence-electron chi connectivity index (χ2n) is 9.75. The van der Waals surface area contributed by atoms with E-state index in [2.05, 4.69) is 10.2 Å². The Morgan fingerprint density at radius 1 is 1.06 bits per heavy atom. The van der Waals surface area contributed by atoms with E-state index in [1.54, 1.807) is 13.0 Å². The maximum absolute atomic E-state index is 14.1. The molecule has 0 unspecified atom stereocenters. The van der Waals surface area contributed by atoms with Gasteiger partial charge in [-0.25, -0.2) is 4.90 Å². The van der Waals surface area contributed by atoms with Crippen molar-refractivity contribution in [3.63, 3.8) is 0 Å². The quantitative estimate of drug-likeness (QED) is 0.419. The van der Waals surface area contributed by atoms with Crippen LogP contribution in [0.15, 0.2) is 30.3 Å². The third-order valence-electron chi connectivity index (χ3n) is 8.41. The summed E-state index contributed by atoms with van der Waals surface area (Å²) in [5.74, 6) is -2.67. The number of nitrogens with zero attached hydrogens (tertiary/aromatic N) is 3. The number of fused-ring (bicyclic) bond motifs is 7. The van der Waals surface area contributed by atoms with Crippen LogP contribution in [0.5, 0.6) is 0 Å². The molecule has 2 aromatic rings. The summed E-state index contributed by atoms with van der Waals surface area (Å²) in [7, 11) is 0. The SMILES string of the molecule is Cc1ccc2c(c1C)NC(=O)[C@@]21[C@@H]2C(=O)N(c3cccc([N+](=O)[O-])c3C)C(=O)[C@H]2[C@H]2CCCN21. The number of nitro groups is 1. The Bertz CT molecular complexity index is 1340. The smallest absolute Gasteiger partial charge is 0.274 e. The van der Waals surface area contributed by atoms with E-state index in [1.165, 1.54) is 12.1 Å². The lowest BCUT2D eigenvalue weighted by molar-refractivity contribution is -0.385. The highest BCUT2D eigenvalue weighted by Gasteiger charge is 2.74. The van der Waals surface area contributed by atoms with Gasteiger partial charge in [0.1, 0.15) is 5.54 Å². The summed E-state index contributed by atoms with van der Waals surface area (Å²) < 4.78 is 0. The molecule has 6 rings (SSSR count). The average Bonchev–Trinajstić information content (AvgIpc) is 3.50. The van der Waals surface area contributed by atoms with E-state index in [1.807, 2.05) is 26.0 Å². The van der Waals surface area contributed by atoms with Gasteiger partial charge in [-0.3, -0.25) is 29.4 Å². The monoisotopic (exact) mass is 460 g/mol. The van der Waals surface area contributed by atoms with Gasteiger partial charge in [0.2, 0.25) is 17.7 Å². The van der Waals surface area contributed by atoms with Crippen molar-refractivity contribution in [2.24, 2.45) is 11.8 Å². The highest BCUT2D eigenvalue weighted by Crippen LogP contribution is 2.61. The van der Waals surface area contributed by atoms with Crippen LogP contribution in [0, 0.1) is 42.7 Å². The summed E-state index contributed by atoms with van der Waals surface area (Å²) in [6.45, 7) is 6.10. The molecule has 34 heavy (non-hydrogen) atoms. The fourth-order valence-electron chi connectivity index (χ4n) is 6.81. The first-order chi connectivity index (χ1) is 16.2. The molecule has 0 saturated carbocycles. The van der Waals surface area contributed by atoms with E-state index in [0.29, 0.717) is 6.54 Å². The molecule has 9 heteroatoms. The average molecular weight is 460 g/mol. The Hall–Kier alpha value is -3.59. The number of carbonyl (C=O) groups excluding carboxylic acids is 3. The molecule has 4 aliphatic heterocycles. The zero-order valence-electron chi connectivity index (χ0n) is 19.1. The maximum atomic E-state index is 14.1. The number of amides is 3. The number of anilines is 2. The van der Waals surface area contributed by atoms with Crippen molar-refractivity contribution in [2.75, 3.05) is 16.8 Å². The maximum Gasteiger partial charge on any atom is 0.274 e. The Balaban J connectivity index is 1.56. The van der Waals surface area contributed by atoms with Crippen molar-refractivity contribution in [2.45, 2.75) is 45.2 Å². The number of hydrogen-bond donors (Lipinski definition) is 1. The van der Waals surface area contributed by atoms with Crippen molar-refractivity contribution < 1.29 is 19.3 Å². The minimum absolute atomic E-state index is 0.151. The van der Waals surface area contributed by atoms with E-state index in [4.69, 9.17) is 0 Å². The van der Waals surface area contributed by atoms with Gasteiger partial charge in [0.15, 0.2) is 0 Å². The molecule has 1 N–H and O–H groups in total. The largest absolute Gasteiger partial charge is 0.324 e. The topological polar surface area (TPSA) is 113 Å². The van der Waals surface area contributed by atoms with E-state index < -0.39 is 28.2 Å². The molecule has 3 saturated heterocycles. The number of aryl methyl sites for hydroxylation is 1. The van der Waals surface area contributed by atoms with Crippen molar-refractivity contribution in [3.8, 4) is 0 Å². The molecule has 4 heterocycles. The van der Waals surface area contributed by atoms with Gasteiger partial charge in [-0.15, -0.1) is 0 Å². The van der Waals surface area contributed by atoms with Gasteiger partial charge < -0.3 is 5.32 Å². The van der Waals surface area contributed by atoms with Crippen LogP contribution in [0.1, 0.15) is 35.1 Å². The first-order valence-electron chi connectivity index (χ1n) is 11.5. The van der Waals surface area contributed by atoms with Crippen LogP contribution in [0.2, 0.25) is 0 Å². The van der Waals surface area contributed by atoms with Gasteiger partial charge in [0.25, 0.3) is 5.69 Å². The second kappa shape index (κ2) is 6.73. The number of nitro benzene ring substituents is 1. The first kappa shape index (κ1) is 21.0. The number of benzene rings is 2. The van der Waals surface area contributed by atoms with Gasteiger partial charge in [0, 0.05) is 23.4 Å². The number of nitrogens with one attached hydrogen (secondary N) is 1. The molecule has 9 nitrogen and oxygen atoms in total. The van der Waals surface area contributed by atoms with Crippen molar-refractivity contribution in [1.29, 1.82) is 0 Å². The van der Waals surface area contributed by atoms with Gasteiger partial charge in [-0.1, -0.05) is 18.2 Å². The Morgan fingerprint density at radius 2 is 1.82 bits per heavy atom. The van der Waals surface area contributed by atoms with E-state index in [9.17, 15) is 24.5 Å². The second-order valence-corrected chi connectivity index (χ2v) is 9.75. The van der Waals surface area contributed by atoms with Crippen LogP contribution >= 0.6 is 0 Å². The lowest BCUT2D eigenvalue weighted by Gasteiger charge is -2.36. The van der Waals surface area contributed by atoms with E-state index in [-0.39, 0.29) is 34.8 Å². The van der Waals surface area contributed by atoms with E-state index >= 15 is 0 Å². The van der Waals surface area contributed by atoms with Gasteiger partial charge in [0.05, 0.1) is 28.0 Å². The van der Waals surface area contributed by atoms with Crippen LogP contribution in [0.4, 0.5) is 17.1 Å². The van der Waals surface area contributed by atoms with Crippen molar-refractivity contribution >= 4 is 34.8 Å². The lowest BCUT2D eigenvalue weighted by atomic mass is 9.75. The molecule has 3 amide bonds. The van der Waals surface area contributed by atoms with E-state index in [0.717, 1.165) is 40.1 Å². The van der Waals surface area contributed by atoms with Crippen molar-refractivity contribution in [3.05, 3.63) is 62.7 Å². The lowest BCUT2D eigenvalue weighted by Crippen LogP contribution is -2.54. The predicted octanol–water partition coefficient (Wildman–Crippen LogP) is 2.95. The Morgan fingerprint density at radius 3 is 2.56 bits per heavy atom. The minimum atomic E-state index is -1.25. The summed E-state index contributed by atoms with van der Waals surface area (Å²) in [5, 5.41) is 14.5. The van der Waals surface area contributed by atoms with Crippen LogP contribution in [0.3, 0.4) is 0 Å². The molecule has 0 aromatic heterocycles. The number of hydrogen-bond acceptors (Lipinski definition) is 6. The number of imide groups is 1. The zero-order chi connectivity index (χ0) is 24.1. The molecule has 2 aromatic carbocycles. The van der Waals surface area contributed by atoms with Crippen LogP contribution < -0.4 is 10.2 Å². The molecular formula is C25H24N4O5. The summed E-state index contributed by atoms with van der Waals surface area (Å²) in [6, 6.07) is 8.04. The molecule has 1 spiro atoms. The number of carbonyl (C=O) groups is 3. The van der Waals surface area contributed by atoms with Crippen molar-refractivity contribution in [1.82, 2.24) is 4.90 Å². The molecule has 0 bridgehead atoms. The fourth-order valence-corrected chi connectivity index (χ4v) is 6.81. The standard InChI is InChI=1S/C25H24N4O5/c1-12-9-10-15-21(13(12)2)26-24(32)25(15)20-19(18-8-5-11-27(18)25)22(30)28(23(20)31)16-6-4-7-17(14(16)3)29(33)34/h4,6-7,9-10,18-20H,5,8,11H2,1-3H3,(H,26,32)/t18-,19+,20+,25+/m1/s1. The predicted molar refractivity (Wildman–Crippen MR) is 123 cm³/mol. The third-order valence-corrected chi connectivity index (χ3v) is 8.41. The Kier molecular flexibility index (Phi) is 4.15. The molecule has 0 radical (unpaired) electrons. The minimum Gasteiger partial charge on any atom is -0.324 e. The van der Waals surface area contributed by atoms with Crippen LogP contribution in [-0.4, -0.2) is 40.1 Å². The third kappa shape index (κ3) is 2.25. The molecular weight excluding hydrogens is 436 g/mol. The normalized spacial score (nSPS) is 29.6. The molecule has 0 aliphatic carbocycles. The summed E-state index contributed by atoms with van der Waals surface area (Å²) in [4.78, 5) is 55.8. The fraction of sp³-hybridized carbons (Fsp3) is 0.400. The number of rotatable bonds is 2. The highest BCUT2D eigenvalue weighted by molar-refractivity contribution is 6.26. The molecule has 174 valence electrons. The van der Waals surface area contributed by atoms with Gasteiger partial charge >= 0.3 is 0 Å². The first-order valence-corrected chi connectivity index (χ1v) is 11.5. The Labute approximate surface area is 195 Å². The molecule has 4 aliphatic rings. The van der Waals surface area contributed by atoms with Gasteiger partial charge in [-0.05, 0) is 57.4 Å². The summed E-state index contributed by atoms with van der Waals surface area (Å²) in [6.07, 6.45) is 1.55. The highest BCUT2D eigenvalue weighted by atomic mass is 16.6.